The Hall–Kier alpha value is -3.22. The van der Waals surface area contributed by atoms with Crippen molar-refractivity contribution in [1.82, 2.24) is 10.2 Å². The first-order valence-electron chi connectivity index (χ1n) is 11.3. The number of benzene rings is 3. The molecule has 1 fully saturated rings. The van der Waals surface area contributed by atoms with Crippen molar-refractivity contribution < 1.29 is 9.53 Å². The van der Waals surface area contributed by atoms with Crippen LogP contribution in [0.1, 0.15) is 41.1 Å². The summed E-state index contributed by atoms with van der Waals surface area (Å²) in [5.74, 6) is 0. The number of ether oxygens (including phenoxy) is 1. The first kappa shape index (κ1) is 23.0. The second kappa shape index (κ2) is 11.1. The molecule has 170 valence electrons. The van der Waals surface area contributed by atoms with Crippen LogP contribution in [-0.2, 0) is 11.3 Å². The predicted molar refractivity (Wildman–Crippen MR) is 135 cm³/mol. The molecule has 1 aliphatic heterocycles. The van der Waals surface area contributed by atoms with Crippen LogP contribution < -0.4 is 11.1 Å². The summed E-state index contributed by atoms with van der Waals surface area (Å²) in [6, 6.07) is 27.7. The van der Waals surface area contributed by atoms with Crippen molar-refractivity contribution in [3.63, 3.8) is 0 Å². The molecule has 6 heteroatoms. The molecular weight excluding hydrogens is 430 g/mol. The van der Waals surface area contributed by atoms with Gasteiger partial charge in [-0.3, -0.25) is 4.90 Å². The van der Waals surface area contributed by atoms with Crippen LogP contribution in [0, 0.1) is 0 Å². The Morgan fingerprint density at radius 1 is 0.970 bits per heavy atom. The molecule has 1 aliphatic rings. The summed E-state index contributed by atoms with van der Waals surface area (Å²) in [5.41, 5.74) is 9.88. The average molecular weight is 460 g/mol. The van der Waals surface area contributed by atoms with Gasteiger partial charge in [0.05, 0.1) is 6.04 Å². The SMILES string of the molecule is NC(=S)c1cccc(CN2CCC(OC(=O)NC(c3ccccc3)c3ccccc3)CC2)c1. The van der Waals surface area contributed by atoms with Crippen molar-refractivity contribution in [1.29, 1.82) is 0 Å². The second-order valence-corrected chi connectivity index (χ2v) is 8.78. The highest BCUT2D eigenvalue weighted by Crippen LogP contribution is 2.23. The van der Waals surface area contributed by atoms with Crippen molar-refractivity contribution in [2.75, 3.05) is 13.1 Å². The lowest BCUT2D eigenvalue weighted by Gasteiger charge is -2.32. The predicted octanol–water partition coefficient (Wildman–Crippen LogP) is 4.80. The van der Waals surface area contributed by atoms with Gasteiger partial charge in [-0.05, 0) is 35.6 Å². The Bertz CT molecular complexity index is 1030. The molecule has 1 saturated heterocycles. The van der Waals surface area contributed by atoms with Gasteiger partial charge < -0.3 is 15.8 Å². The number of amides is 1. The minimum Gasteiger partial charge on any atom is -0.446 e. The number of carbonyl (C=O) groups is 1. The first-order chi connectivity index (χ1) is 16.1. The molecule has 0 radical (unpaired) electrons. The number of thiocarbonyl (C=S) groups is 1. The third-order valence-electron chi connectivity index (χ3n) is 5.95. The van der Waals surface area contributed by atoms with Crippen molar-refractivity contribution in [3.05, 3.63) is 107 Å². The highest BCUT2D eigenvalue weighted by Gasteiger charge is 2.24. The van der Waals surface area contributed by atoms with E-state index in [2.05, 4.69) is 16.3 Å². The molecule has 4 rings (SSSR count). The molecule has 3 aromatic rings. The summed E-state index contributed by atoms with van der Waals surface area (Å²) < 4.78 is 5.80. The summed E-state index contributed by atoms with van der Waals surface area (Å²) >= 11 is 5.08. The topological polar surface area (TPSA) is 67.6 Å². The molecule has 3 N–H and O–H groups in total. The van der Waals surface area contributed by atoms with Crippen molar-refractivity contribution in [3.8, 4) is 0 Å². The third-order valence-corrected chi connectivity index (χ3v) is 6.19. The van der Waals surface area contributed by atoms with E-state index in [0.29, 0.717) is 4.99 Å². The van der Waals surface area contributed by atoms with Crippen LogP contribution >= 0.6 is 12.2 Å². The lowest BCUT2D eigenvalue weighted by Crippen LogP contribution is -2.40. The Kier molecular flexibility index (Phi) is 7.70. The second-order valence-electron chi connectivity index (χ2n) is 8.34. The fraction of sp³-hybridized carbons (Fsp3) is 0.259. The number of rotatable bonds is 7. The first-order valence-corrected chi connectivity index (χ1v) is 11.7. The van der Waals surface area contributed by atoms with Gasteiger partial charge in [0.2, 0.25) is 0 Å². The molecule has 0 aromatic heterocycles. The van der Waals surface area contributed by atoms with Crippen LogP contribution in [0.4, 0.5) is 4.79 Å². The Morgan fingerprint density at radius 2 is 1.58 bits per heavy atom. The average Bonchev–Trinajstić information content (AvgIpc) is 2.85. The van der Waals surface area contributed by atoms with Crippen molar-refractivity contribution in [2.45, 2.75) is 31.5 Å². The molecule has 0 atom stereocenters. The minimum absolute atomic E-state index is 0.0867. The van der Waals surface area contributed by atoms with Gasteiger partial charge in [0.1, 0.15) is 11.1 Å². The fourth-order valence-corrected chi connectivity index (χ4v) is 4.35. The Morgan fingerprint density at radius 3 is 2.15 bits per heavy atom. The lowest BCUT2D eigenvalue weighted by molar-refractivity contribution is 0.0476. The molecule has 1 amide bonds. The minimum atomic E-state index is -0.379. The van der Waals surface area contributed by atoms with E-state index < -0.39 is 0 Å². The number of alkyl carbamates (subject to hydrolysis) is 1. The highest BCUT2D eigenvalue weighted by molar-refractivity contribution is 7.80. The van der Waals surface area contributed by atoms with Crippen molar-refractivity contribution in [2.24, 2.45) is 5.73 Å². The van der Waals surface area contributed by atoms with Gasteiger partial charge in [-0.1, -0.05) is 91.1 Å². The summed E-state index contributed by atoms with van der Waals surface area (Å²) in [5, 5.41) is 3.07. The van der Waals surface area contributed by atoms with Crippen molar-refractivity contribution >= 4 is 23.3 Å². The number of hydrogen-bond donors (Lipinski definition) is 2. The number of nitrogens with two attached hydrogens (primary N) is 1. The summed E-state index contributed by atoms with van der Waals surface area (Å²) in [6.45, 7) is 2.57. The number of hydrogen-bond acceptors (Lipinski definition) is 4. The molecule has 0 saturated carbocycles. The molecule has 0 spiro atoms. The number of likely N-dealkylation sites (tertiary alicyclic amines) is 1. The summed E-state index contributed by atoms with van der Waals surface area (Å²) in [6.07, 6.45) is 1.15. The van der Waals surface area contributed by atoms with Crippen LogP contribution in [0.25, 0.3) is 0 Å². The van der Waals surface area contributed by atoms with E-state index in [0.717, 1.165) is 49.2 Å². The van der Waals surface area contributed by atoms with E-state index >= 15 is 0 Å². The maximum Gasteiger partial charge on any atom is 0.408 e. The maximum absolute atomic E-state index is 12.8. The molecule has 0 unspecified atom stereocenters. The zero-order chi connectivity index (χ0) is 23.0. The highest BCUT2D eigenvalue weighted by atomic mass is 32.1. The number of piperidine rings is 1. The molecule has 0 bridgehead atoms. The van der Waals surface area contributed by atoms with Crippen LogP contribution in [0.15, 0.2) is 84.9 Å². The smallest absolute Gasteiger partial charge is 0.408 e. The van der Waals surface area contributed by atoms with E-state index in [1.165, 1.54) is 5.56 Å². The van der Waals surface area contributed by atoms with Gasteiger partial charge in [0.25, 0.3) is 0 Å². The Balaban J connectivity index is 1.31. The van der Waals surface area contributed by atoms with E-state index in [1.54, 1.807) is 0 Å². The normalized spacial score (nSPS) is 14.7. The van der Waals surface area contributed by atoms with Crippen LogP contribution in [0.2, 0.25) is 0 Å². The monoisotopic (exact) mass is 459 g/mol. The van der Waals surface area contributed by atoms with Crippen LogP contribution in [-0.4, -0.2) is 35.2 Å². The summed E-state index contributed by atoms with van der Waals surface area (Å²) in [7, 11) is 0. The molecule has 5 nitrogen and oxygen atoms in total. The van der Waals surface area contributed by atoms with Gasteiger partial charge in [-0.25, -0.2) is 4.79 Å². The number of nitrogens with zero attached hydrogens (tertiary/aromatic N) is 1. The number of carbonyl (C=O) groups excluding carboxylic acids is 1. The molecule has 3 aromatic carbocycles. The molecule has 0 aliphatic carbocycles. The zero-order valence-corrected chi connectivity index (χ0v) is 19.3. The quantitative estimate of drug-likeness (QED) is 0.497. The van der Waals surface area contributed by atoms with E-state index in [9.17, 15) is 4.79 Å². The molecule has 1 heterocycles. The van der Waals surface area contributed by atoms with E-state index in [1.807, 2.05) is 78.9 Å². The van der Waals surface area contributed by atoms with Gasteiger partial charge in [0.15, 0.2) is 0 Å². The summed E-state index contributed by atoms with van der Waals surface area (Å²) in [4.78, 5) is 15.6. The van der Waals surface area contributed by atoms with Gasteiger partial charge in [-0.15, -0.1) is 0 Å². The Labute approximate surface area is 200 Å². The standard InChI is InChI=1S/C27H29N3O2S/c28-26(33)23-13-7-8-20(18-23)19-30-16-14-24(15-17-30)32-27(31)29-25(21-9-3-1-4-10-21)22-11-5-2-6-12-22/h1-13,18,24-25H,14-17,19H2,(H2,28,33)(H,29,31). The van der Waals surface area contributed by atoms with Gasteiger partial charge in [-0.2, -0.15) is 0 Å². The van der Waals surface area contributed by atoms with E-state index in [4.69, 9.17) is 22.7 Å². The third kappa shape index (κ3) is 6.40. The molecular formula is C27H29N3O2S. The van der Waals surface area contributed by atoms with Gasteiger partial charge >= 0.3 is 6.09 Å². The van der Waals surface area contributed by atoms with Gasteiger partial charge in [0, 0.05) is 25.2 Å². The van der Waals surface area contributed by atoms with E-state index in [-0.39, 0.29) is 18.2 Å². The largest absolute Gasteiger partial charge is 0.446 e. The zero-order valence-electron chi connectivity index (χ0n) is 18.5. The number of nitrogens with one attached hydrogen (secondary N) is 1. The lowest BCUT2D eigenvalue weighted by atomic mass is 9.99. The molecule has 33 heavy (non-hydrogen) atoms. The fourth-order valence-electron chi connectivity index (χ4n) is 4.22. The van der Waals surface area contributed by atoms with Crippen LogP contribution in [0.5, 0.6) is 0 Å². The maximum atomic E-state index is 12.8. The van der Waals surface area contributed by atoms with Crippen LogP contribution in [0.3, 0.4) is 0 Å².